The predicted molar refractivity (Wildman–Crippen MR) is 94.6 cm³/mol. The van der Waals surface area contributed by atoms with Gasteiger partial charge < -0.3 is 29.5 Å². The minimum absolute atomic E-state index is 0.0424. The lowest BCUT2D eigenvalue weighted by molar-refractivity contribution is -0.288. The summed E-state index contributed by atoms with van der Waals surface area (Å²) in [4.78, 5) is 12.2. The number of rotatable bonds is 6. The number of aliphatic hydroxyl groups excluding tert-OH is 3. The normalized spacial score (nSPS) is 27.9. The van der Waals surface area contributed by atoms with Crippen molar-refractivity contribution in [3.63, 3.8) is 0 Å². The molecular weight excluding hydrogens is 352 g/mol. The summed E-state index contributed by atoms with van der Waals surface area (Å²) in [6, 6.07) is 17.6. The van der Waals surface area contributed by atoms with Crippen LogP contribution in [0.1, 0.15) is 15.9 Å². The first kappa shape index (κ1) is 19.5. The lowest BCUT2D eigenvalue weighted by Crippen LogP contribution is -2.60. The van der Waals surface area contributed by atoms with Crippen molar-refractivity contribution in [2.24, 2.45) is 0 Å². The molecule has 0 saturated carbocycles. The van der Waals surface area contributed by atoms with Gasteiger partial charge in [0.1, 0.15) is 18.3 Å². The highest BCUT2D eigenvalue weighted by atomic mass is 16.7. The zero-order chi connectivity index (χ0) is 19.2. The van der Waals surface area contributed by atoms with Gasteiger partial charge in [0.25, 0.3) is 0 Å². The van der Waals surface area contributed by atoms with Gasteiger partial charge in [-0.3, -0.25) is 0 Å². The number of ether oxygens (including phenoxy) is 3. The van der Waals surface area contributed by atoms with E-state index in [4.69, 9.17) is 14.2 Å². The van der Waals surface area contributed by atoms with E-state index >= 15 is 0 Å². The third-order valence-corrected chi connectivity index (χ3v) is 4.31. The molecular formula is C20H22O7. The van der Waals surface area contributed by atoms with E-state index in [0.717, 1.165) is 5.56 Å². The summed E-state index contributed by atoms with van der Waals surface area (Å²) < 4.78 is 16.0. The van der Waals surface area contributed by atoms with E-state index in [1.807, 2.05) is 30.3 Å². The minimum atomic E-state index is -1.60. The fraction of sp³-hybridized carbons (Fsp3) is 0.350. The van der Waals surface area contributed by atoms with Gasteiger partial charge in [0.15, 0.2) is 12.4 Å². The van der Waals surface area contributed by atoms with Crippen LogP contribution >= 0.6 is 0 Å². The van der Waals surface area contributed by atoms with E-state index in [2.05, 4.69) is 0 Å². The number of hydrogen-bond donors (Lipinski definition) is 3. The van der Waals surface area contributed by atoms with Gasteiger partial charge in [0, 0.05) is 0 Å². The standard InChI is InChI=1S/C20H22O7/c21-16-15(12-25-11-13-7-3-1-4-8-13)26-20(24)17(22)18(16)27-19(23)14-9-5-2-6-10-14/h1-10,15-18,20-22,24H,11-12H2/t15-,16?,17?,18?,20?/m1/s1. The summed E-state index contributed by atoms with van der Waals surface area (Å²) in [5.41, 5.74) is 1.21. The van der Waals surface area contributed by atoms with Crippen molar-refractivity contribution in [1.82, 2.24) is 0 Å². The maximum absolute atomic E-state index is 12.2. The van der Waals surface area contributed by atoms with Crippen LogP contribution in [0, 0.1) is 0 Å². The first-order valence-corrected chi connectivity index (χ1v) is 8.63. The second-order valence-electron chi connectivity index (χ2n) is 6.28. The van der Waals surface area contributed by atoms with E-state index < -0.39 is 36.7 Å². The molecule has 0 radical (unpaired) electrons. The lowest BCUT2D eigenvalue weighted by Gasteiger charge is -2.40. The third kappa shape index (κ3) is 4.91. The Balaban J connectivity index is 1.60. The molecule has 4 unspecified atom stereocenters. The Morgan fingerprint density at radius 2 is 1.56 bits per heavy atom. The molecule has 2 aromatic rings. The van der Waals surface area contributed by atoms with Crippen molar-refractivity contribution in [3.05, 3.63) is 71.8 Å². The molecule has 0 aromatic heterocycles. The predicted octanol–water partition coefficient (Wildman–Crippen LogP) is 0.868. The average Bonchev–Trinajstić information content (AvgIpc) is 2.70. The summed E-state index contributed by atoms with van der Waals surface area (Å²) in [6.45, 7) is 0.250. The first-order chi connectivity index (χ1) is 13.1. The zero-order valence-corrected chi connectivity index (χ0v) is 14.5. The van der Waals surface area contributed by atoms with Crippen molar-refractivity contribution in [2.45, 2.75) is 37.3 Å². The summed E-state index contributed by atoms with van der Waals surface area (Å²) in [6.07, 6.45) is -6.83. The van der Waals surface area contributed by atoms with Crippen LogP contribution in [0.5, 0.6) is 0 Å². The Hall–Kier alpha value is -2.29. The number of carbonyl (C=O) groups is 1. The Labute approximate surface area is 156 Å². The van der Waals surface area contributed by atoms with Crippen LogP contribution in [0.2, 0.25) is 0 Å². The number of aliphatic hydroxyl groups is 3. The summed E-state index contributed by atoms with van der Waals surface area (Å²) in [5.74, 6) is -0.711. The van der Waals surface area contributed by atoms with Crippen LogP contribution in [-0.2, 0) is 20.8 Å². The number of esters is 1. The van der Waals surface area contributed by atoms with E-state index in [0.29, 0.717) is 6.61 Å². The van der Waals surface area contributed by atoms with E-state index in [1.165, 1.54) is 0 Å². The van der Waals surface area contributed by atoms with Crippen molar-refractivity contribution < 1.29 is 34.3 Å². The first-order valence-electron chi connectivity index (χ1n) is 8.63. The van der Waals surface area contributed by atoms with E-state index in [9.17, 15) is 20.1 Å². The molecule has 1 aliphatic rings. The maximum atomic E-state index is 12.2. The Morgan fingerprint density at radius 1 is 0.926 bits per heavy atom. The molecule has 0 bridgehead atoms. The third-order valence-electron chi connectivity index (χ3n) is 4.31. The molecule has 1 saturated heterocycles. The second kappa shape index (κ2) is 9.07. The molecule has 2 aromatic carbocycles. The molecule has 1 fully saturated rings. The molecule has 3 rings (SSSR count). The van der Waals surface area contributed by atoms with E-state index in [1.54, 1.807) is 30.3 Å². The molecule has 5 atom stereocenters. The topological polar surface area (TPSA) is 105 Å². The molecule has 7 heteroatoms. The van der Waals surface area contributed by atoms with Crippen LogP contribution in [0.15, 0.2) is 60.7 Å². The molecule has 1 aliphatic heterocycles. The van der Waals surface area contributed by atoms with Crippen LogP contribution in [0.3, 0.4) is 0 Å². The van der Waals surface area contributed by atoms with E-state index in [-0.39, 0.29) is 12.2 Å². The van der Waals surface area contributed by atoms with Gasteiger partial charge in [0.05, 0.1) is 18.8 Å². The lowest BCUT2D eigenvalue weighted by atomic mass is 9.99. The average molecular weight is 374 g/mol. The summed E-state index contributed by atoms with van der Waals surface area (Å²) in [5, 5.41) is 30.4. The molecule has 0 amide bonds. The van der Waals surface area contributed by atoms with Crippen molar-refractivity contribution >= 4 is 5.97 Å². The van der Waals surface area contributed by atoms with Gasteiger partial charge in [-0.05, 0) is 17.7 Å². The van der Waals surface area contributed by atoms with Crippen LogP contribution in [0.25, 0.3) is 0 Å². The van der Waals surface area contributed by atoms with Crippen LogP contribution in [-0.4, -0.2) is 58.6 Å². The van der Waals surface area contributed by atoms with Gasteiger partial charge in [-0.1, -0.05) is 48.5 Å². The molecule has 0 aliphatic carbocycles. The highest BCUT2D eigenvalue weighted by Crippen LogP contribution is 2.24. The smallest absolute Gasteiger partial charge is 0.338 e. The van der Waals surface area contributed by atoms with Gasteiger partial charge in [-0.25, -0.2) is 4.79 Å². The summed E-state index contributed by atoms with van der Waals surface area (Å²) in [7, 11) is 0. The fourth-order valence-corrected chi connectivity index (χ4v) is 2.83. The number of benzene rings is 2. The molecule has 7 nitrogen and oxygen atoms in total. The number of carbonyl (C=O) groups excluding carboxylic acids is 1. The zero-order valence-electron chi connectivity index (χ0n) is 14.5. The molecule has 3 N–H and O–H groups in total. The highest BCUT2D eigenvalue weighted by molar-refractivity contribution is 5.89. The van der Waals surface area contributed by atoms with Crippen molar-refractivity contribution in [2.75, 3.05) is 6.61 Å². The quantitative estimate of drug-likeness (QED) is 0.644. The van der Waals surface area contributed by atoms with Gasteiger partial charge in [-0.2, -0.15) is 0 Å². The van der Waals surface area contributed by atoms with Gasteiger partial charge in [-0.15, -0.1) is 0 Å². The largest absolute Gasteiger partial charge is 0.453 e. The van der Waals surface area contributed by atoms with Crippen LogP contribution in [0.4, 0.5) is 0 Å². The van der Waals surface area contributed by atoms with Crippen molar-refractivity contribution in [3.8, 4) is 0 Å². The number of hydrogen-bond acceptors (Lipinski definition) is 7. The minimum Gasteiger partial charge on any atom is -0.453 e. The Kier molecular flexibility index (Phi) is 6.54. The van der Waals surface area contributed by atoms with Gasteiger partial charge >= 0.3 is 5.97 Å². The Morgan fingerprint density at radius 3 is 2.22 bits per heavy atom. The van der Waals surface area contributed by atoms with Gasteiger partial charge in [0.2, 0.25) is 0 Å². The summed E-state index contributed by atoms with van der Waals surface area (Å²) >= 11 is 0. The SMILES string of the molecule is O=C(OC1C(O)C(O)O[C@H](COCc2ccccc2)C1O)c1ccccc1. The van der Waals surface area contributed by atoms with Crippen LogP contribution < -0.4 is 0 Å². The maximum Gasteiger partial charge on any atom is 0.338 e. The van der Waals surface area contributed by atoms with Crippen molar-refractivity contribution in [1.29, 1.82) is 0 Å². The highest BCUT2D eigenvalue weighted by Gasteiger charge is 2.46. The molecule has 1 heterocycles. The molecule has 27 heavy (non-hydrogen) atoms. The molecule has 144 valence electrons. The molecule has 0 spiro atoms. The Bertz CT molecular complexity index is 722. The second-order valence-corrected chi connectivity index (χ2v) is 6.28. The fourth-order valence-electron chi connectivity index (χ4n) is 2.83. The monoisotopic (exact) mass is 374 g/mol.